The van der Waals surface area contributed by atoms with Crippen molar-refractivity contribution in [2.24, 2.45) is 9.98 Å². The molecule has 6 nitrogen and oxygen atoms in total. The number of aliphatic imine (C=N–C) groups is 1. The quantitative estimate of drug-likeness (QED) is 0.421. The number of methoxy groups -OCH3 is 1. The largest absolute Gasteiger partial charge is 0.496 e. The van der Waals surface area contributed by atoms with E-state index in [0.29, 0.717) is 27.7 Å². The SMILES string of the molecule is COc1ccc(Cl)cc1C(=NC#N)/N=c1\sc(C(C)(C)C)cn1CC1(O)CCCC1. The molecule has 0 spiro atoms. The van der Waals surface area contributed by atoms with Gasteiger partial charge in [-0.25, -0.2) is 0 Å². The van der Waals surface area contributed by atoms with Crippen molar-refractivity contribution in [2.75, 3.05) is 7.11 Å². The minimum absolute atomic E-state index is 0.0707. The predicted octanol–water partition coefficient (Wildman–Crippen LogP) is 4.64. The van der Waals surface area contributed by atoms with Crippen LogP contribution in [0, 0.1) is 11.5 Å². The molecule has 1 aliphatic rings. The molecule has 1 aromatic carbocycles. The van der Waals surface area contributed by atoms with Gasteiger partial charge in [0.1, 0.15) is 5.75 Å². The Bertz CT molecular complexity index is 1050. The lowest BCUT2D eigenvalue weighted by Gasteiger charge is -2.22. The lowest BCUT2D eigenvalue weighted by molar-refractivity contribution is 0.0292. The molecular formula is C22H27ClN4O2S. The van der Waals surface area contributed by atoms with E-state index in [9.17, 15) is 10.4 Å². The number of amidine groups is 1. The summed E-state index contributed by atoms with van der Waals surface area (Å²) >= 11 is 7.71. The van der Waals surface area contributed by atoms with Gasteiger partial charge in [0.05, 0.1) is 24.8 Å². The number of nitrogens with zero attached hydrogens (tertiary/aromatic N) is 4. The van der Waals surface area contributed by atoms with Gasteiger partial charge in [-0.3, -0.25) is 0 Å². The summed E-state index contributed by atoms with van der Waals surface area (Å²) in [5.74, 6) is 0.761. The van der Waals surface area contributed by atoms with E-state index in [-0.39, 0.29) is 11.3 Å². The smallest absolute Gasteiger partial charge is 0.207 e. The van der Waals surface area contributed by atoms with Crippen LogP contribution in [0.15, 0.2) is 34.4 Å². The number of aromatic nitrogens is 1. The molecule has 160 valence electrons. The van der Waals surface area contributed by atoms with Crippen molar-refractivity contribution in [3.8, 4) is 11.9 Å². The predicted molar refractivity (Wildman–Crippen MR) is 120 cm³/mol. The van der Waals surface area contributed by atoms with Crippen molar-refractivity contribution in [3.05, 3.63) is 44.7 Å². The fourth-order valence-corrected chi connectivity index (χ4v) is 4.80. The summed E-state index contributed by atoms with van der Waals surface area (Å²) in [6.45, 7) is 6.88. The van der Waals surface area contributed by atoms with Gasteiger partial charge in [0.25, 0.3) is 0 Å². The van der Waals surface area contributed by atoms with Crippen LogP contribution in [0.25, 0.3) is 0 Å². The number of thiazole rings is 1. The Kier molecular flexibility index (Phi) is 6.71. The van der Waals surface area contributed by atoms with E-state index in [1.54, 1.807) is 25.3 Å². The van der Waals surface area contributed by atoms with Gasteiger partial charge in [0, 0.05) is 16.1 Å². The first-order chi connectivity index (χ1) is 14.1. The van der Waals surface area contributed by atoms with Crippen LogP contribution in [0.2, 0.25) is 5.02 Å². The average molecular weight is 447 g/mol. The normalized spacial score (nSPS) is 17.2. The zero-order valence-electron chi connectivity index (χ0n) is 17.8. The van der Waals surface area contributed by atoms with Crippen molar-refractivity contribution in [1.29, 1.82) is 5.26 Å². The lowest BCUT2D eigenvalue weighted by atomic mass is 9.95. The minimum atomic E-state index is -0.731. The molecule has 0 bridgehead atoms. The van der Waals surface area contributed by atoms with Crippen LogP contribution in [-0.4, -0.2) is 28.2 Å². The third-order valence-electron chi connectivity index (χ3n) is 5.22. The molecule has 1 aliphatic carbocycles. The highest BCUT2D eigenvalue weighted by Gasteiger charge is 2.32. The van der Waals surface area contributed by atoms with Crippen molar-refractivity contribution < 1.29 is 9.84 Å². The summed E-state index contributed by atoms with van der Waals surface area (Å²) in [4.78, 5) is 10.5. The molecule has 2 aromatic rings. The Hall–Kier alpha value is -2.14. The summed E-state index contributed by atoms with van der Waals surface area (Å²) in [5.41, 5.74) is -0.257. The molecule has 1 N–H and O–H groups in total. The van der Waals surface area contributed by atoms with E-state index >= 15 is 0 Å². The first-order valence-corrected chi connectivity index (χ1v) is 11.1. The Morgan fingerprint density at radius 3 is 2.67 bits per heavy atom. The Morgan fingerprint density at radius 1 is 1.37 bits per heavy atom. The summed E-state index contributed by atoms with van der Waals surface area (Å²) in [6, 6.07) is 5.13. The molecule has 0 unspecified atom stereocenters. The molecule has 8 heteroatoms. The van der Waals surface area contributed by atoms with E-state index < -0.39 is 5.60 Å². The second kappa shape index (κ2) is 8.93. The van der Waals surface area contributed by atoms with Gasteiger partial charge in [-0.2, -0.15) is 15.2 Å². The fraction of sp³-hybridized carbons (Fsp3) is 0.500. The summed E-state index contributed by atoms with van der Waals surface area (Å²) in [7, 11) is 1.55. The van der Waals surface area contributed by atoms with E-state index in [1.807, 2.05) is 10.8 Å². The van der Waals surface area contributed by atoms with Crippen LogP contribution in [-0.2, 0) is 12.0 Å². The highest BCUT2D eigenvalue weighted by Crippen LogP contribution is 2.32. The first kappa shape index (κ1) is 22.5. The molecule has 3 rings (SSSR count). The molecular weight excluding hydrogens is 420 g/mol. The molecule has 0 atom stereocenters. The molecule has 1 heterocycles. The van der Waals surface area contributed by atoms with Gasteiger partial charge in [0.15, 0.2) is 10.6 Å². The molecule has 0 aliphatic heterocycles. The van der Waals surface area contributed by atoms with Crippen LogP contribution in [0.4, 0.5) is 0 Å². The maximum absolute atomic E-state index is 11.0. The molecule has 0 amide bonds. The van der Waals surface area contributed by atoms with Crippen molar-refractivity contribution in [1.82, 2.24) is 4.57 Å². The van der Waals surface area contributed by atoms with Crippen molar-refractivity contribution in [2.45, 2.75) is 64.0 Å². The van der Waals surface area contributed by atoms with E-state index in [0.717, 1.165) is 30.6 Å². The van der Waals surface area contributed by atoms with Crippen LogP contribution < -0.4 is 9.54 Å². The molecule has 1 aromatic heterocycles. The van der Waals surface area contributed by atoms with Crippen LogP contribution >= 0.6 is 22.9 Å². The van der Waals surface area contributed by atoms with Gasteiger partial charge in [0.2, 0.25) is 6.19 Å². The summed E-state index contributed by atoms with van der Waals surface area (Å²) in [6.07, 6.45) is 7.51. The minimum Gasteiger partial charge on any atom is -0.496 e. The van der Waals surface area contributed by atoms with Crippen molar-refractivity contribution in [3.63, 3.8) is 0 Å². The van der Waals surface area contributed by atoms with E-state index in [2.05, 4.69) is 32.0 Å². The molecule has 0 saturated heterocycles. The summed E-state index contributed by atoms with van der Waals surface area (Å²) < 4.78 is 7.41. The highest BCUT2D eigenvalue weighted by atomic mass is 35.5. The Morgan fingerprint density at radius 2 is 2.07 bits per heavy atom. The Balaban J connectivity index is 2.16. The average Bonchev–Trinajstić information content (AvgIpc) is 3.28. The van der Waals surface area contributed by atoms with Gasteiger partial charge >= 0.3 is 0 Å². The number of benzene rings is 1. The number of nitriles is 1. The van der Waals surface area contributed by atoms with Gasteiger partial charge in [-0.05, 0) is 36.5 Å². The second-order valence-electron chi connectivity index (χ2n) is 8.68. The lowest BCUT2D eigenvalue weighted by Crippen LogP contribution is -2.34. The number of ether oxygens (including phenoxy) is 1. The second-order valence-corrected chi connectivity index (χ2v) is 10.1. The number of hydrogen-bond acceptors (Lipinski definition) is 5. The standard InChI is InChI=1S/C22H27ClN4O2S/c1-21(2,3)18-12-27(13-22(28)9-5-6-10-22)20(30-18)26-19(25-14-24)16-11-15(23)7-8-17(16)29-4/h7-8,11-12,28H,5-6,9-10,13H2,1-4H3/b25-19?,26-20-. The molecule has 1 fully saturated rings. The maximum Gasteiger partial charge on any atom is 0.207 e. The van der Waals surface area contributed by atoms with Crippen molar-refractivity contribution >= 4 is 28.8 Å². The molecule has 1 saturated carbocycles. The van der Waals surface area contributed by atoms with E-state index in [1.165, 1.54) is 11.3 Å². The van der Waals surface area contributed by atoms with Gasteiger partial charge < -0.3 is 14.4 Å². The van der Waals surface area contributed by atoms with Gasteiger partial charge in [-0.1, -0.05) is 45.2 Å². The first-order valence-electron chi connectivity index (χ1n) is 9.94. The third-order valence-corrected chi connectivity index (χ3v) is 6.90. The summed E-state index contributed by atoms with van der Waals surface area (Å²) in [5, 5.41) is 20.7. The topological polar surface area (TPSA) is 82.9 Å². The van der Waals surface area contributed by atoms with Crippen LogP contribution in [0.3, 0.4) is 0 Å². The number of hydrogen-bond donors (Lipinski definition) is 1. The highest BCUT2D eigenvalue weighted by molar-refractivity contribution is 7.09. The number of rotatable bonds is 4. The van der Waals surface area contributed by atoms with Gasteiger partial charge in [-0.15, -0.1) is 11.3 Å². The zero-order chi connectivity index (χ0) is 21.9. The van der Waals surface area contributed by atoms with Crippen LogP contribution in [0.1, 0.15) is 56.9 Å². The number of halogens is 1. The fourth-order valence-electron chi connectivity index (χ4n) is 3.57. The van der Waals surface area contributed by atoms with E-state index in [4.69, 9.17) is 21.3 Å². The molecule has 30 heavy (non-hydrogen) atoms. The number of aliphatic hydroxyl groups is 1. The Labute approximate surface area is 186 Å². The maximum atomic E-state index is 11.0. The van der Waals surface area contributed by atoms with Crippen LogP contribution in [0.5, 0.6) is 5.75 Å². The molecule has 0 radical (unpaired) electrons. The third kappa shape index (κ3) is 5.12. The monoisotopic (exact) mass is 446 g/mol. The zero-order valence-corrected chi connectivity index (χ0v) is 19.3.